The lowest BCUT2D eigenvalue weighted by Gasteiger charge is -2.29. The molecule has 1 heterocycles. The first-order valence-corrected chi connectivity index (χ1v) is 6.59. The predicted molar refractivity (Wildman–Crippen MR) is 70.9 cm³/mol. The number of hydrogen-bond donors (Lipinski definition) is 1. The Morgan fingerprint density at radius 3 is 3.00 bits per heavy atom. The minimum Gasteiger partial charge on any atom is -0.381 e. The van der Waals surface area contributed by atoms with Gasteiger partial charge in [0.05, 0.1) is 6.10 Å². The first kappa shape index (κ1) is 11.9. The van der Waals surface area contributed by atoms with Crippen molar-refractivity contribution in [1.29, 1.82) is 0 Å². The van der Waals surface area contributed by atoms with Crippen LogP contribution in [0.1, 0.15) is 25.3 Å². The van der Waals surface area contributed by atoms with Crippen LogP contribution in [-0.4, -0.2) is 18.8 Å². The van der Waals surface area contributed by atoms with E-state index in [1.165, 1.54) is 11.3 Å². The Bertz CT molecular complexity index is 367. The van der Waals surface area contributed by atoms with E-state index in [0.717, 1.165) is 23.9 Å². The SMILES string of the molecule is Cc1ccc(Br)c(NC2CCOC(C)C2)c1. The minimum absolute atomic E-state index is 0.370. The van der Waals surface area contributed by atoms with Crippen LogP contribution in [0.4, 0.5) is 5.69 Å². The third kappa shape index (κ3) is 2.98. The summed E-state index contributed by atoms with van der Waals surface area (Å²) in [6.45, 7) is 5.12. The van der Waals surface area contributed by atoms with Crippen LogP contribution >= 0.6 is 15.9 Å². The lowest BCUT2D eigenvalue weighted by molar-refractivity contribution is 0.0232. The van der Waals surface area contributed by atoms with E-state index in [-0.39, 0.29) is 0 Å². The summed E-state index contributed by atoms with van der Waals surface area (Å²) < 4.78 is 6.68. The molecule has 0 aliphatic carbocycles. The topological polar surface area (TPSA) is 21.3 Å². The fraction of sp³-hybridized carbons (Fsp3) is 0.538. The third-order valence-electron chi connectivity index (χ3n) is 2.97. The van der Waals surface area contributed by atoms with Crippen LogP contribution in [0.3, 0.4) is 0 Å². The number of hydrogen-bond acceptors (Lipinski definition) is 2. The van der Waals surface area contributed by atoms with Crippen molar-refractivity contribution in [3.63, 3.8) is 0 Å². The molecule has 0 saturated carbocycles. The highest BCUT2D eigenvalue weighted by atomic mass is 79.9. The second-order valence-electron chi connectivity index (χ2n) is 4.53. The van der Waals surface area contributed by atoms with Gasteiger partial charge < -0.3 is 10.1 Å². The van der Waals surface area contributed by atoms with Gasteiger partial charge >= 0.3 is 0 Å². The monoisotopic (exact) mass is 283 g/mol. The fourth-order valence-corrected chi connectivity index (χ4v) is 2.46. The number of halogens is 1. The highest BCUT2D eigenvalue weighted by molar-refractivity contribution is 9.10. The van der Waals surface area contributed by atoms with E-state index >= 15 is 0 Å². The highest BCUT2D eigenvalue weighted by Crippen LogP contribution is 2.26. The molecule has 1 fully saturated rings. The minimum atomic E-state index is 0.370. The first-order valence-electron chi connectivity index (χ1n) is 5.79. The summed E-state index contributed by atoms with van der Waals surface area (Å²) in [5, 5.41) is 3.59. The van der Waals surface area contributed by atoms with Crippen LogP contribution in [0.2, 0.25) is 0 Å². The molecule has 0 aromatic heterocycles. The summed E-state index contributed by atoms with van der Waals surface area (Å²) >= 11 is 3.58. The van der Waals surface area contributed by atoms with Crippen molar-refractivity contribution in [1.82, 2.24) is 0 Å². The molecule has 1 aliphatic rings. The van der Waals surface area contributed by atoms with Crippen LogP contribution < -0.4 is 5.32 Å². The molecule has 1 aromatic rings. The molecule has 2 unspecified atom stereocenters. The Morgan fingerprint density at radius 2 is 2.25 bits per heavy atom. The number of nitrogens with one attached hydrogen (secondary N) is 1. The smallest absolute Gasteiger partial charge is 0.0566 e. The van der Waals surface area contributed by atoms with Crippen molar-refractivity contribution in [2.24, 2.45) is 0 Å². The first-order chi connectivity index (χ1) is 7.65. The molecule has 0 bridgehead atoms. The molecule has 1 aromatic carbocycles. The Balaban J connectivity index is 2.05. The van der Waals surface area contributed by atoms with Crippen molar-refractivity contribution in [3.8, 4) is 0 Å². The summed E-state index contributed by atoms with van der Waals surface area (Å²) in [7, 11) is 0. The number of ether oxygens (including phenoxy) is 1. The third-order valence-corrected chi connectivity index (χ3v) is 3.66. The Hall–Kier alpha value is -0.540. The number of aryl methyl sites for hydroxylation is 1. The molecule has 88 valence electrons. The quantitative estimate of drug-likeness (QED) is 0.893. The van der Waals surface area contributed by atoms with Gasteiger partial charge in [0.15, 0.2) is 0 Å². The van der Waals surface area contributed by atoms with Crippen molar-refractivity contribution in [3.05, 3.63) is 28.2 Å². The summed E-state index contributed by atoms with van der Waals surface area (Å²) in [6, 6.07) is 6.92. The zero-order chi connectivity index (χ0) is 11.5. The van der Waals surface area contributed by atoms with Crippen LogP contribution in [0.15, 0.2) is 22.7 Å². The van der Waals surface area contributed by atoms with Gasteiger partial charge in [-0.2, -0.15) is 0 Å². The standard InChI is InChI=1S/C13H18BrNO/c1-9-3-4-12(14)13(7-9)15-11-5-6-16-10(2)8-11/h3-4,7,10-11,15H,5-6,8H2,1-2H3. The van der Waals surface area contributed by atoms with Gasteiger partial charge in [-0.05, 0) is 60.3 Å². The van der Waals surface area contributed by atoms with Crippen LogP contribution in [0, 0.1) is 6.92 Å². The van der Waals surface area contributed by atoms with E-state index in [1.54, 1.807) is 0 Å². The molecular formula is C13H18BrNO. The van der Waals surface area contributed by atoms with E-state index in [1.807, 2.05) is 0 Å². The maximum atomic E-state index is 5.55. The summed E-state index contributed by atoms with van der Waals surface area (Å²) in [6.07, 6.45) is 2.54. The van der Waals surface area contributed by atoms with Gasteiger partial charge in [0, 0.05) is 22.8 Å². The molecule has 0 radical (unpaired) electrons. The molecule has 0 amide bonds. The van der Waals surface area contributed by atoms with Gasteiger partial charge in [-0.25, -0.2) is 0 Å². The van der Waals surface area contributed by atoms with E-state index in [4.69, 9.17) is 4.74 Å². The molecule has 1 N–H and O–H groups in total. The number of rotatable bonds is 2. The molecule has 1 aliphatic heterocycles. The second-order valence-corrected chi connectivity index (χ2v) is 5.38. The number of benzene rings is 1. The van der Waals surface area contributed by atoms with Gasteiger partial charge in [0.2, 0.25) is 0 Å². The van der Waals surface area contributed by atoms with Gasteiger partial charge in [-0.1, -0.05) is 6.07 Å². The molecule has 2 nitrogen and oxygen atoms in total. The highest BCUT2D eigenvalue weighted by Gasteiger charge is 2.19. The maximum absolute atomic E-state index is 5.55. The zero-order valence-corrected chi connectivity index (χ0v) is 11.4. The molecule has 2 atom stereocenters. The van der Waals surface area contributed by atoms with Gasteiger partial charge in [0.25, 0.3) is 0 Å². The van der Waals surface area contributed by atoms with E-state index < -0.39 is 0 Å². The summed E-state index contributed by atoms with van der Waals surface area (Å²) in [5.41, 5.74) is 2.48. The largest absolute Gasteiger partial charge is 0.381 e. The lowest BCUT2D eigenvalue weighted by atomic mass is 10.0. The van der Waals surface area contributed by atoms with Gasteiger partial charge in [-0.3, -0.25) is 0 Å². The molecule has 1 saturated heterocycles. The van der Waals surface area contributed by atoms with Crippen LogP contribution in [0.25, 0.3) is 0 Å². The Morgan fingerprint density at radius 1 is 1.44 bits per heavy atom. The molecule has 3 heteroatoms. The average Bonchev–Trinajstić information content (AvgIpc) is 2.24. The molecule has 0 spiro atoms. The molecular weight excluding hydrogens is 266 g/mol. The Kier molecular flexibility index (Phi) is 3.87. The lowest BCUT2D eigenvalue weighted by Crippen LogP contribution is -2.32. The Labute approximate surface area is 106 Å². The summed E-state index contributed by atoms with van der Waals surface area (Å²) in [4.78, 5) is 0. The van der Waals surface area contributed by atoms with E-state index in [2.05, 4.69) is 53.3 Å². The van der Waals surface area contributed by atoms with E-state index in [9.17, 15) is 0 Å². The second kappa shape index (κ2) is 5.19. The van der Waals surface area contributed by atoms with Crippen molar-refractivity contribution in [2.45, 2.75) is 38.8 Å². The molecule has 2 rings (SSSR count). The number of anilines is 1. The van der Waals surface area contributed by atoms with Gasteiger partial charge in [-0.15, -0.1) is 0 Å². The fourth-order valence-electron chi connectivity index (χ4n) is 2.10. The normalized spacial score (nSPS) is 25.4. The van der Waals surface area contributed by atoms with Crippen LogP contribution in [-0.2, 0) is 4.74 Å². The van der Waals surface area contributed by atoms with Crippen molar-refractivity contribution >= 4 is 21.6 Å². The summed E-state index contributed by atoms with van der Waals surface area (Å²) in [5.74, 6) is 0. The predicted octanol–water partition coefficient (Wildman–Crippen LogP) is 3.74. The van der Waals surface area contributed by atoms with Crippen LogP contribution in [0.5, 0.6) is 0 Å². The maximum Gasteiger partial charge on any atom is 0.0566 e. The van der Waals surface area contributed by atoms with Crippen molar-refractivity contribution in [2.75, 3.05) is 11.9 Å². The zero-order valence-electron chi connectivity index (χ0n) is 9.79. The molecule has 16 heavy (non-hydrogen) atoms. The average molecular weight is 284 g/mol. The van der Waals surface area contributed by atoms with E-state index in [0.29, 0.717) is 12.1 Å². The van der Waals surface area contributed by atoms with Gasteiger partial charge in [0.1, 0.15) is 0 Å². The van der Waals surface area contributed by atoms with Crippen molar-refractivity contribution < 1.29 is 4.74 Å².